The van der Waals surface area contributed by atoms with E-state index in [0.717, 1.165) is 18.6 Å². The largest absolute Gasteiger partial charge is 0.494 e. The molecule has 5 nitrogen and oxygen atoms in total. The van der Waals surface area contributed by atoms with Gasteiger partial charge in [-0.2, -0.15) is 0 Å². The summed E-state index contributed by atoms with van der Waals surface area (Å²) in [7, 11) is 0. The highest BCUT2D eigenvalue weighted by Crippen LogP contribution is 2.28. The second-order valence-corrected chi connectivity index (χ2v) is 4.32. The number of non-ortho nitro benzene ring substituents is 1. The van der Waals surface area contributed by atoms with E-state index in [1.54, 1.807) is 24.3 Å². The van der Waals surface area contributed by atoms with Gasteiger partial charge in [0.15, 0.2) is 0 Å². The van der Waals surface area contributed by atoms with Gasteiger partial charge in [-0.25, -0.2) is 4.39 Å². The molecule has 6 heteroatoms. The van der Waals surface area contributed by atoms with Crippen LogP contribution in [0.2, 0.25) is 0 Å². The van der Waals surface area contributed by atoms with Crippen LogP contribution >= 0.6 is 0 Å². The van der Waals surface area contributed by atoms with E-state index in [-0.39, 0.29) is 11.4 Å². The number of nitro groups is 1. The molecule has 0 aliphatic heterocycles. The first-order chi connectivity index (χ1) is 10.1. The van der Waals surface area contributed by atoms with Crippen LogP contribution in [0.3, 0.4) is 0 Å². The summed E-state index contributed by atoms with van der Waals surface area (Å²) >= 11 is 0. The Kier molecular flexibility index (Phi) is 4.71. The second kappa shape index (κ2) is 6.69. The van der Waals surface area contributed by atoms with Gasteiger partial charge < -0.3 is 9.47 Å². The van der Waals surface area contributed by atoms with Gasteiger partial charge in [0, 0.05) is 6.07 Å². The molecule has 0 aliphatic rings. The predicted octanol–water partition coefficient (Wildman–Crippen LogP) is 4.32. The average Bonchev–Trinajstić information content (AvgIpc) is 2.46. The van der Waals surface area contributed by atoms with Gasteiger partial charge in [0.2, 0.25) is 0 Å². The first-order valence-corrected chi connectivity index (χ1v) is 6.44. The molecule has 0 unspecified atom stereocenters. The normalized spacial score (nSPS) is 10.2. The molecule has 0 heterocycles. The zero-order valence-electron chi connectivity index (χ0n) is 11.4. The minimum absolute atomic E-state index is 0.0731. The number of ether oxygens (including phenoxy) is 2. The minimum Gasteiger partial charge on any atom is -0.494 e. The summed E-state index contributed by atoms with van der Waals surface area (Å²) < 4.78 is 24.1. The van der Waals surface area contributed by atoms with Crippen LogP contribution in [0.15, 0.2) is 42.5 Å². The van der Waals surface area contributed by atoms with Gasteiger partial charge >= 0.3 is 0 Å². The van der Waals surface area contributed by atoms with Gasteiger partial charge in [0.25, 0.3) is 5.69 Å². The molecule has 21 heavy (non-hydrogen) atoms. The van der Waals surface area contributed by atoms with Crippen molar-refractivity contribution in [3.05, 3.63) is 58.4 Å². The predicted molar refractivity (Wildman–Crippen MR) is 75.4 cm³/mol. The summed E-state index contributed by atoms with van der Waals surface area (Å²) in [4.78, 5) is 10.0. The molecule has 0 aromatic heterocycles. The van der Waals surface area contributed by atoms with Gasteiger partial charge in [0.05, 0.1) is 23.7 Å². The molecule has 0 saturated heterocycles. The fourth-order valence-corrected chi connectivity index (χ4v) is 1.67. The summed E-state index contributed by atoms with van der Waals surface area (Å²) in [5.74, 6) is 0.499. The highest BCUT2D eigenvalue weighted by molar-refractivity contribution is 5.42. The van der Waals surface area contributed by atoms with Crippen molar-refractivity contribution in [1.29, 1.82) is 0 Å². The molecule has 2 aromatic rings. The number of halogens is 1. The molecule has 0 fully saturated rings. The van der Waals surface area contributed by atoms with Gasteiger partial charge in [-0.05, 0) is 30.7 Å². The van der Waals surface area contributed by atoms with Crippen molar-refractivity contribution in [1.82, 2.24) is 0 Å². The number of hydrogen-bond donors (Lipinski definition) is 0. The van der Waals surface area contributed by atoms with Crippen molar-refractivity contribution in [2.45, 2.75) is 13.3 Å². The number of hydrogen-bond acceptors (Lipinski definition) is 4. The molecule has 2 aromatic carbocycles. The standard InChI is InChI=1S/C15H14FNO4/c1-2-7-20-13-3-5-14(6-4-13)21-15-9-11(16)8-12(10-15)17(18)19/h3-6,8-10H,2,7H2,1H3. The van der Waals surface area contributed by atoms with Crippen molar-refractivity contribution >= 4 is 5.69 Å². The highest BCUT2D eigenvalue weighted by Gasteiger charge is 2.11. The molecule has 0 bridgehead atoms. The lowest BCUT2D eigenvalue weighted by atomic mass is 10.3. The SMILES string of the molecule is CCCOc1ccc(Oc2cc(F)cc([N+](=O)[O-])c2)cc1. The van der Waals surface area contributed by atoms with Crippen LogP contribution in [0.1, 0.15) is 13.3 Å². The van der Waals surface area contributed by atoms with Gasteiger partial charge in [-0.3, -0.25) is 10.1 Å². The molecule has 0 atom stereocenters. The molecular formula is C15H14FNO4. The van der Waals surface area contributed by atoms with Crippen LogP contribution in [-0.4, -0.2) is 11.5 Å². The lowest BCUT2D eigenvalue weighted by Gasteiger charge is -2.08. The van der Waals surface area contributed by atoms with E-state index in [4.69, 9.17) is 9.47 Å². The molecular weight excluding hydrogens is 277 g/mol. The average molecular weight is 291 g/mol. The molecule has 2 rings (SSSR count). The lowest BCUT2D eigenvalue weighted by molar-refractivity contribution is -0.385. The maximum Gasteiger partial charge on any atom is 0.276 e. The smallest absolute Gasteiger partial charge is 0.276 e. The van der Waals surface area contributed by atoms with E-state index in [2.05, 4.69) is 0 Å². The van der Waals surface area contributed by atoms with Crippen LogP contribution in [0.5, 0.6) is 17.2 Å². The number of nitrogens with zero attached hydrogens (tertiary/aromatic N) is 1. The first kappa shape index (κ1) is 14.8. The van der Waals surface area contributed by atoms with E-state index >= 15 is 0 Å². The van der Waals surface area contributed by atoms with Crippen LogP contribution in [0.25, 0.3) is 0 Å². The quantitative estimate of drug-likeness (QED) is 0.587. The first-order valence-electron chi connectivity index (χ1n) is 6.44. The summed E-state index contributed by atoms with van der Waals surface area (Å²) in [6.07, 6.45) is 0.908. The third kappa shape index (κ3) is 4.17. The van der Waals surface area contributed by atoms with Gasteiger partial charge in [-0.1, -0.05) is 6.92 Å². The minimum atomic E-state index is -0.720. The number of rotatable bonds is 6. The Morgan fingerprint density at radius 3 is 2.38 bits per heavy atom. The molecule has 110 valence electrons. The van der Waals surface area contributed by atoms with Crippen LogP contribution in [0.4, 0.5) is 10.1 Å². The van der Waals surface area contributed by atoms with Crippen LogP contribution in [-0.2, 0) is 0 Å². The second-order valence-electron chi connectivity index (χ2n) is 4.32. The van der Waals surface area contributed by atoms with E-state index < -0.39 is 10.7 Å². The third-order valence-electron chi connectivity index (χ3n) is 2.60. The Bertz CT molecular complexity index is 628. The Morgan fingerprint density at radius 2 is 1.76 bits per heavy atom. The van der Waals surface area contributed by atoms with E-state index in [1.165, 1.54) is 6.07 Å². The Labute approximate surface area is 121 Å². The fourth-order valence-electron chi connectivity index (χ4n) is 1.67. The summed E-state index contributed by atoms with van der Waals surface area (Å²) in [5, 5.41) is 10.7. The van der Waals surface area contributed by atoms with Crippen LogP contribution < -0.4 is 9.47 Å². The summed E-state index contributed by atoms with van der Waals surface area (Å²) in [6, 6.07) is 9.86. The van der Waals surface area contributed by atoms with E-state index in [0.29, 0.717) is 18.1 Å². The van der Waals surface area contributed by atoms with Gasteiger partial charge in [-0.15, -0.1) is 0 Å². The fraction of sp³-hybridized carbons (Fsp3) is 0.200. The van der Waals surface area contributed by atoms with Gasteiger partial charge in [0.1, 0.15) is 23.1 Å². The zero-order valence-corrected chi connectivity index (χ0v) is 11.4. The summed E-state index contributed by atoms with van der Waals surface area (Å²) in [6.45, 7) is 2.63. The molecule has 0 radical (unpaired) electrons. The van der Waals surface area contributed by atoms with Crippen molar-refractivity contribution < 1.29 is 18.8 Å². The van der Waals surface area contributed by atoms with E-state index in [9.17, 15) is 14.5 Å². The monoisotopic (exact) mass is 291 g/mol. The molecule has 0 amide bonds. The topological polar surface area (TPSA) is 61.6 Å². The van der Waals surface area contributed by atoms with Crippen molar-refractivity contribution in [3.63, 3.8) is 0 Å². The van der Waals surface area contributed by atoms with Crippen molar-refractivity contribution in [2.75, 3.05) is 6.61 Å². The van der Waals surface area contributed by atoms with Crippen molar-refractivity contribution in [3.8, 4) is 17.2 Å². The maximum atomic E-state index is 13.3. The van der Waals surface area contributed by atoms with Crippen molar-refractivity contribution in [2.24, 2.45) is 0 Å². The molecule has 0 saturated carbocycles. The lowest BCUT2D eigenvalue weighted by Crippen LogP contribution is -1.95. The summed E-state index contributed by atoms with van der Waals surface area (Å²) in [5.41, 5.74) is -0.354. The van der Waals surface area contributed by atoms with Crippen LogP contribution in [0, 0.1) is 15.9 Å². The Balaban J connectivity index is 2.12. The molecule has 0 aliphatic carbocycles. The highest BCUT2D eigenvalue weighted by atomic mass is 19.1. The molecule has 0 spiro atoms. The number of nitro benzene ring substituents is 1. The maximum absolute atomic E-state index is 13.3. The third-order valence-corrected chi connectivity index (χ3v) is 2.60. The Hall–Kier alpha value is -2.63. The molecule has 0 N–H and O–H groups in total. The zero-order chi connectivity index (χ0) is 15.2. The van der Waals surface area contributed by atoms with E-state index in [1.807, 2.05) is 6.92 Å². The number of benzene rings is 2. The Morgan fingerprint density at radius 1 is 1.10 bits per heavy atom.